The van der Waals surface area contributed by atoms with Crippen LogP contribution >= 0.6 is 0 Å². The first kappa shape index (κ1) is 20.7. The molecule has 2 aromatic rings. The zero-order valence-electron chi connectivity index (χ0n) is 17.2. The van der Waals surface area contributed by atoms with Crippen LogP contribution in [-0.4, -0.2) is 37.3 Å². The highest BCUT2D eigenvalue weighted by atomic mass is 16.5. The molecule has 29 heavy (non-hydrogen) atoms. The number of benzene rings is 2. The molecule has 0 radical (unpaired) electrons. The molecule has 7 heteroatoms. The van der Waals surface area contributed by atoms with E-state index in [0.717, 1.165) is 5.56 Å². The molecule has 1 aliphatic rings. The minimum Gasteiger partial charge on any atom is -0.476 e. The van der Waals surface area contributed by atoms with Crippen molar-refractivity contribution in [2.45, 2.75) is 39.0 Å². The van der Waals surface area contributed by atoms with E-state index in [0.29, 0.717) is 23.7 Å². The average Bonchev–Trinajstić information content (AvgIpc) is 2.64. The molecule has 1 aliphatic heterocycles. The van der Waals surface area contributed by atoms with E-state index < -0.39 is 6.10 Å². The maximum absolute atomic E-state index is 12.9. The van der Waals surface area contributed by atoms with E-state index in [1.165, 1.54) is 7.11 Å². The van der Waals surface area contributed by atoms with Crippen LogP contribution in [0.5, 0.6) is 5.75 Å². The molecule has 3 rings (SSSR count). The quantitative estimate of drug-likeness (QED) is 0.809. The highest BCUT2D eigenvalue weighted by Gasteiger charge is 2.34. The molecule has 0 spiro atoms. The summed E-state index contributed by atoms with van der Waals surface area (Å²) in [4.78, 5) is 26.8. The summed E-state index contributed by atoms with van der Waals surface area (Å²) in [6.07, 6.45) is -0.741. The topological polar surface area (TPSA) is 79.9 Å². The standard InChI is InChI=1S/C22H27N3O4/c1-22(2,3)24-21(27)23-16-10-11-17-18(12-16)29-19(14-28-4)20(26)25(17)13-15-8-6-5-7-9-15/h5-12,19H,13-14H2,1-4H3,(H2,23,24,27)/t19-/m1/s1. The number of nitrogens with zero attached hydrogens (tertiary/aromatic N) is 1. The van der Waals surface area contributed by atoms with Gasteiger partial charge in [0.1, 0.15) is 5.75 Å². The number of carbonyl (C=O) groups excluding carboxylic acids is 2. The molecule has 3 amide bonds. The Kier molecular flexibility index (Phi) is 6.08. The third kappa shape index (κ3) is 5.26. The van der Waals surface area contributed by atoms with Crippen LogP contribution in [0, 0.1) is 0 Å². The van der Waals surface area contributed by atoms with E-state index in [2.05, 4.69) is 10.6 Å². The van der Waals surface area contributed by atoms with Gasteiger partial charge >= 0.3 is 6.03 Å². The predicted molar refractivity (Wildman–Crippen MR) is 112 cm³/mol. The van der Waals surface area contributed by atoms with Gasteiger partial charge in [-0.05, 0) is 38.5 Å². The van der Waals surface area contributed by atoms with Crippen LogP contribution in [0.1, 0.15) is 26.3 Å². The van der Waals surface area contributed by atoms with Gasteiger partial charge in [0.05, 0.1) is 18.8 Å². The number of anilines is 2. The van der Waals surface area contributed by atoms with Gasteiger partial charge in [0, 0.05) is 24.4 Å². The predicted octanol–water partition coefficient (Wildman–Crippen LogP) is 3.55. The van der Waals surface area contributed by atoms with Gasteiger partial charge in [-0.25, -0.2) is 4.79 Å². The van der Waals surface area contributed by atoms with Gasteiger partial charge in [-0.1, -0.05) is 30.3 Å². The SMILES string of the molecule is COC[C@H]1Oc2cc(NC(=O)NC(C)(C)C)ccc2N(Cc2ccccc2)C1=O. The molecule has 154 valence electrons. The summed E-state index contributed by atoms with van der Waals surface area (Å²) in [5.74, 6) is 0.366. The lowest BCUT2D eigenvalue weighted by atomic mass is 10.1. The monoisotopic (exact) mass is 397 g/mol. The van der Waals surface area contributed by atoms with E-state index >= 15 is 0 Å². The minimum atomic E-state index is -0.741. The second-order valence-electron chi connectivity index (χ2n) is 7.98. The number of fused-ring (bicyclic) bond motifs is 1. The summed E-state index contributed by atoms with van der Waals surface area (Å²) in [7, 11) is 1.53. The molecule has 0 bridgehead atoms. The molecular weight excluding hydrogens is 370 g/mol. The summed E-state index contributed by atoms with van der Waals surface area (Å²) >= 11 is 0. The van der Waals surface area contributed by atoms with Crippen molar-refractivity contribution in [1.29, 1.82) is 0 Å². The lowest BCUT2D eigenvalue weighted by Gasteiger charge is -2.34. The number of rotatable bonds is 5. The van der Waals surface area contributed by atoms with E-state index in [1.807, 2.05) is 51.1 Å². The Morgan fingerprint density at radius 3 is 2.55 bits per heavy atom. The molecule has 0 unspecified atom stereocenters. The van der Waals surface area contributed by atoms with Crippen molar-refractivity contribution < 1.29 is 19.1 Å². The Balaban J connectivity index is 1.87. The average molecular weight is 397 g/mol. The first-order valence-corrected chi connectivity index (χ1v) is 9.51. The normalized spacial score (nSPS) is 16.1. The maximum atomic E-state index is 12.9. The Bertz CT molecular complexity index is 877. The van der Waals surface area contributed by atoms with Gasteiger partial charge in [-0.15, -0.1) is 0 Å². The fourth-order valence-corrected chi connectivity index (χ4v) is 3.09. The van der Waals surface area contributed by atoms with E-state index in [4.69, 9.17) is 9.47 Å². The lowest BCUT2D eigenvalue weighted by molar-refractivity contribution is -0.128. The van der Waals surface area contributed by atoms with Crippen molar-refractivity contribution in [2.75, 3.05) is 23.9 Å². The first-order valence-electron chi connectivity index (χ1n) is 9.51. The van der Waals surface area contributed by atoms with Gasteiger partial charge < -0.3 is 25.0 Å². The Morgan fingerprint density at radius 2 is 1.90 bits per heavy atom. The first-order chi connectivity index (χ1) is 13.8. The largest absolute Gasteiger partial charge is 0.476 e. The minimum absolute atomic E-state index is 0.145. The van der Waals surface area contributed by atoms with Crippen molar-refractivity contribution in [3.63, 3.8) is 0 Å². The Hall–Kier alpha value is -3.06. The zero-order valence-corrected chi connectivity index (χ0v) is 17.2. The van der Waals surface area contributed by atoms with Gasteiger partial charge in [-0.3, -0.25) is 4.79 Å². The van der Waals surface area contributed by atoms with E-state index in [1.54, 1.807) is 23.1 Å². The smallest absolute Gasteiger partial charge is 0.319 e. The number of nitrogens with one attached hydrogen (secondary N) is 2. The Labute approximate surface area is 171 Å². The molecule has 0 saturated carbocycles. The molecule has 2 N–H and O–H groups in total. The van der Waals surface area contributed by atoms with Crippen molar-refractivity contribution in [3.05, 3.63) is 54.1 Å². The van der Waals surface area contributed by atoms with E-state index in [-0.39, 0.29) is 24.1 Å². The van der Waals surface area contributed by atoms with Gasteiger partial charge in [0.25, 0.3) is 5.91 Å². The second kappa shape index (κ2) is 8.53. The lowest BCUT2D eigenvalue weighted by Crippen LogP contribution is -2.47. The van der Waals surface area contributed by atoms with Crippen LogP contribution in [0.25, 0.3) is 0 Å². The number of carbonyl (C=O) groups is 2. The highest BCUT2D eigenvalue weighted by molar-refractivity contribution is 6.01. The molecule has 0 fully saturated rings. The van der Waals surface area contributed by atoms with Crippen LogP contribution in [-0.2, 0) is 16.1 Å². The highest BCUT2D eigenvalue weighted by Crippen LogP contribution is 2.37. The summed E-state index contributed by atoms with van der Waals surface area (Å²) in [5, 5.41) is 5.66. The summed E-state index contributed by atoms with van der Waals surface area (Å²) < 4.78 is 11.1. The fourth-order valence-electron chi connectivity index (χ4n) is 3.09. The molecule has 2 aromatic carbocycles. The summed E-state index contributed by atoms with van der Waals surface area (Å²) in [6.45, 7) is 6.29. The van der Waals surface area contributed by atoms with E-state index in [9.17, 15) is 9.59 Å². The fraction of sp³-hybridized carbons (Fsp3) is 0.364. The van der Waals surface area contributed by atoms with Crippen LogP contribution in [0.15, 0.2) is 48.5 Å². The van der Waals surface area contributed by atoms with Crippen molar-refractivity contribution >= 4 is 23.3 Å². The number of methoxy groups -OCH3 is 1. The molecule has 0 saturated heterocycles. The third-order valence-electron chi connectivity index (χ3n) is 4.31. The van der Waals surface area contributed by atoms with Gasteiger partial charge in [0.15, 0.2) is 0 Å². The van der Waals surface area contributed by atoms with Crippen LogP contribution in [0.3, 0.4) is 0 Å². The number of hydrogen-bond acceptors (Lipinski definition) is 4. The summed E-state index contributed by atoms with van der Waals surface area (Å²) in [6, 6.07) is 14.7. The van der Waals surface area contributed by atoms with Crippen LogP contribution < -0.4 is 20.3 Å². The van der Waals surface area contributed by atoms with Gasteiger partial charge in [-0.2, -0.15) is 0 Å². The number of amides is 3. The molecule has 0 aromatic heterocycles. The van der Waals surface area contributed by atoms with Gasteiger partial charge in [0.2, 0.25) is 6.10 Å². The van der Waals surface area contributed by atoms with Crippen LogP contribution in [0.2, 0.25) is 0 Å². The molecule has 0 aliphatic carbocycles. The Morgan fingerprint density at radius 1 is 1.17 bits per heavy atom. The van der Waals surface area contributed by atoms with Crippen LogP contribution in [0.4, 0.5) is 16.2 Å². The zero-order chi connectivity index (χ0) is 21.0. The third-order valence-corrected chi connectivity index (χ3v) is 4.31. The summed E-state index contributed by atoms with van der Waals surface area (Å²) in [5.41, 5.74) is 1.90. The number of urea groups is 1. The molecular formula is C22H27N3O4. The number of ether oxygens (including phenoxy) is 2. The maximum Gasteiger partial charge on any atom is 0.319 e. The van der Waals surface area contributed by atoms with Crippen molar-refractivity contribution in [3.8, 4) is 5.75 Å². The second-order valence-corrected chi connectivity index (χ2v) is 7.98. The molecule has 1 atom stereocenters. The molecule has 7 nitrogen and oxygen atoms in total. The molecule has 1 heterocycles. The van der Waals surface area contributed by atoms with Crippen molar-refractivity contribution in [2.24, 2.45) is 0 Å². The number of hydrogen-bond donors (Lipinski definition) is 2. The van der Waals surface area contributed by atoms with Crippen molar-refractivity contribution in [1.82, 2.24) is 5.32 Å².